The number of esters is 1. The van der Waals surface area contributed by atoms with Gasteiger partial charge in [0, 0.05) is 0 Å². The number of rotatable bonds is 6. The van der Waals surface area contributed by atoms with Crippen molar-refractivity contribution in [1.29, 1.82) is 0 Å². The summed E-state index contributed by atoms with van der Waals surface area (Å²) >= 11 is 0. The molecule has 1 aromatic carbocycles. The Bertz CT molecular complexity index is 494. The zero-order chi connectivity index (χ0) is 14.3. The molecule has 0 fully saturated rings. The van der Waals surface area contributed by atoms with E-state index >= 15 is 0 Å². The van der Waals surface area contributed by atoms with Crippen LogP contribution in [0.25, 0.3) is 0 Å². The van der Waals surface area contributed by atoms with E-state index in [-0.39, 0.29) is 24.4 Å². The predicted octanol–water partition coefficient (Wildman–Crippen LogP) is 2.49. The van der Waals surface area contributed by atoms with E-state index in [0.717, 1.165) is 12.3 Å². The summed E-state index contributed by atoms with van der Waals surface area (Å²) < 4.78 is 23.2. The third-order valence-corrected chi connectivity index (χ3v) is 2.23. The number of halogens is 1. The van der Waals surface area contributed by atoms with Gasteiger partial charge in [-0.25, -0.2) is 9.18 Å². The van der Waals surface area contributed by atoms with Crippen LogP contribution in [-0.4, -0.2) is 25.0 Å². The second-order valence-electron chi connectivity index (χ2n) is 3.52. The van der Waals surface area contributed by atoms with Gasteiger partial charge in [-0.05, 0) is 26.0 Å². The first-order valence-corrected chi connectivity index (χ1v) is 5.89. The van der Waals surface area contributed by atoms with Gasteiger partial charge in [-0.1, -0.05) is 12.1 Å². The van der Waals surface area contributed by atoms with Crippen LogP contribution in [0.3, 0.4) is 0 Å². The molecule has 0 atom stereocenters. The molecule has 0 aliphatic rings. The summed E-state index contributed by atoms with van der Waals surface area (Å²) in [6.07, 6.45) is 1.01. The van der Waals surface area contributed by atoms with E-state index in [4.69, 9.17) is 9.47 Å². The Hall–Kier alpha value is -2.17. The first-order valence-electron chi connectivity index (χ1n) is 5.89. The normalized spacial score (nSPS) is 11.0. The zero-order valence-electron chi connectivity index (χ0n) is 10.8. The lowest BCUT2D eigenvalue weighted by Gasteiger charge is -2.07. The fraction of sp³-hybridized carbons (Fsp3) is 0.286. The van der Waals surface area contributed by atoms with Crippen molar-refractivity contribution in [3.05, 3.63) is 47.5 Å². The van der Waals surface area contributed by atoms with Crippen LogP contribution >= 0.6 is 0 Å². The summed E-state index contributed by atoms with van der Waals surface area (Å²) in [5.74, 6) is -2.28. The lowest BCUT2D eigenvalue weighted by atomic mass is 10.0. The molecule has 0 bridgehead atoms. The summed E-state index contributed by atoms with van der Waals surface area (Å²) in [5.41, 5.74) is -0.518. The van der Waals surface area contributed by atoms with Gasteiger partial charge < -0.3 is 9.47 Å². The smallest absolute Gasteiger partial charge is 0.345 e. The summed E-state index contributed by atoms with van der Waals surface area (Å²) in [6.45, 7) is 3.72. The molecule has 0 saturated heterocycles. The summed E-state index contributed by atoms with van der Waals surface area (Å²) in [6, 6.07) is 5.43. The van der Waals surface area contributed by atoms with Crippen molar-refractivity contribution in [3.8, 4) is 0 Å². The highest BCUT2D eigenvalue weighted by molar-refractivity contribution is 6.24. The maximum atomic E-state index is 13.5. The van der Waals surface area contributed by atoms with E-state index in [1.807, 2.05) is 0 Å². The van der Waals surface area contributed by atoms with Crippen LogP contribution in [0.2, 0.25) is 0 Å². The largest absolute Gasteiger partial charge is 0.500 e. The van der Waals surface area contributed by atoms with Crippen molar-refractivity contribution < 1.29 is 23.5 Å². The number of ether oxygens (including phenoxy) is 2. The van der Waals surface area contributed by atoms with Crippen molar-refractivity contribution in [2.24, 2.45) is 0 Å². The van der Waals surface area contributed by atoms with E-state index in [1.165, 1.54) is 18.2 Å². The van der Waals surface area contributed by atoms with E-state index in [9.17, 15) is 14.0 Å². The number of hydrogen-bond acceptors (Lipinski definition) is 4. The minimum atomic E-state index is -0.829. The van der Waals surface area contributed by atoms with Crippen molar-refractivity contribution in [3.63, 3.8) is 0 Å². The second-order valence-corrected chi connectivity index (χ2v) is 3.52. The van der Waals surface area contributed by atoms with Gasteiger partial charge in [0.25, 0.3) is 0 Å². The third kappa shape index (κ3) is 3.91. The lowest BCUT2D eigenvalue weighted by Crippen LogP contribution is -2.17. The average Bonchev–Trinajstić information content (AvgIpc) is 2.39. The summed E-state index contributed by atoms with van der Waals surface area (Å²) in [4.78, 5) is 23.8. The van der Waals surface area contributed by atoms with Gasteiger partial charge in [0.2, 0.25) is 5.78 Å². The van der Waals surface area contributed by atoms with Gasteiger partial charge in [0.15, 0.2) is 0 Å². The fourth-order valence-corrected chi connectivity index (χ4v) is 1.36. The van der Waals surface area contributed by atoms with Gasteiger partial charge in [0.1, 0.15) is 17.7 Å². The van der Waals surface area contributed by atoms with Gasteiger partial charge in [-0.2, -0.15) is 0 Å². The standard InChI is InChI=1S/C14H15FO4/c1-3-18-9-11(14(17)19-4-2)13(16)10-7-5-6-8-12(10)15/h5-9H,3-4H2,1-2H3/b11-9-. The van der Waals surface area contributed by atoms with Crippen LogP contribution in [0.4, 0.5) is 4.39 Å². The molecule has 0 N–H and O–H groups in total. The minimum Gasteiger partial charge on any atom is -0.500 e. The highest BCUT2D eigenvalue weighted by Gasteiger charge is 2.24. The first-order chi connectivity index (χ1) is 9.11. The third-order valence-electron chi connectivity index (χ3n) is 2.23. The zero-order valence-corrected chi connectivity index (χ0v) is 10.8. The SMILES string of the molecule is CCO/C=C(\C(=O)OCC)C(=O)c1ccccc1F. The maximum Gasteiger partial charge on any atom is 0.345 e. The molecule has 0 spiro atoms. The molecule has 5 heteroatoms. The van der Waals surface area contributed by atoms with E-state index in [2.05, 4.69) is 0 Å². The molecule has 0 aliphatic heterocycles. The Balaban J connectivity index is 3.08. The van der Waals surface area contributed by atoms with Crippen LogP contribution in [-0.2, 0) is 14.3 Å². The Kier molecular flexibility index (Phi) is 5.73. The van der Waals surface area contributed by atoms with Crippen molar-refractivity contribution in [1.82, 2.24) is 0 Å². The minimum absolute atomic E-state index is 0.118. The molecule has 4 nitrogen and oxygen atoms in total. The summed E-state index contributed by atoms with van der Waals surface area (Å²) in [5, 5.41) is 0. The molecular formula is C14H15FO4. The van der Waals surface area contributed by atoms with Gasteiger partial charge in [-0.3, -0.25) is 4.79 Å². The van der Waals surface area contributed by atoms with Crippen LogP contribution < -0.4 is 0 Å². The number of carbonyl (C=O) groups is 2. The monoisotopic (exact) mass is 266 g/mol. The van der Waals surface area contributed by atoms with Gasteiger partial charge in [-0.15, -0.1) is 0 Å². The molecule has 0 aromatic heterocycles. The van der Waals surface area contributed by atoms with Crippen LogP contribution in [0.1, 0.15) is 24.2 Å². The molecule has 0 radical (unpaired) electrons. The second kappa shape index (κ2) is 7.31. The Morgan fingerprint density at radius 1 is 1.21 bits per heavy atom. The van der Waals surface area contributed by atoms with E-state index in [1.54, 1.807) is 13.8 Å². The lowest BCUT2D eigenvalue weighted by molar-refractivity contribution is -0.138. The highest BCUT2D eigenvalue weighted by Crippen LogP contribution is 2.14. The molecule has 0 aliphatic carbocycles. The van der Waals surface area contributed by atoms with Crippen LogP contribution in [0, 0.1) is 5.82 Å². The highest BCUT2D eigenvalue weighted by atomic mass is 19.1. The Labute approximate surface area is 110 Å². The quantitative estimate of drug-likeness (QED) is 0.198. The molecule has 19 heavy (non-hydrogen) atoms. The Morgan fingerprint density at radius 3 is 2.47 bits per heavy atom. The molecule has 1 rings (SSSR count). The Morgan fingerprint density at radius 2 is 1.89 bits per heavy atom. The number of benzene rings is 1. The average molecular weight is 266 g/mol. The molecule has 1 aromatic rings. The van der Waals surface area contributed by atoms with Crippen molar-refractivity contribution >= 4 is 11.8 Å². The first kappa shape index (κ1) is 14.9. The summed E-state index contributed by atoms with van der Waals surface area (Å²) in [7, 11) is 0. The van der Waals surface area contributed by atoms with Crippen molar-refractivity contribution in [2.45, 2.75) is 13.8 Å². The topological polar surface area (TPSA) is 52.6 Å². The molecular weight excluding hydrogens is 251 g/mol. The molecule has 102 valence electrons. The molecule has 0 saturated carbocycles. The van der Waals surface area contributed by atoms with Gasteiger partial charge >= 0.3 is 5.97 Å². The van der Waals surface area contributed by atoms with Gasteiger partial charge in [0.05, 0.1) is 18.8 Å². The van der Waals surface area contributed by atoms with Crippen molar-refractivity contribution in [2.75, 3.05) is 13.2 Å². The maximum absolute atomic E-state index is 13.5. The fourth-order valence-electron chi connectivity index (χ4n) is 1.36. The van der Waals surface area contributed by atoms with Crippen LogP contribution in [0.5, 0.6) is 0 Å². The molecule has 0 heterocycles. The number of hydrogen-bond donors (Lipinski definition) is 0. The van der Waals surface area contributed by atoms with E-state index < -0.39 is 17.6 Å². The number of Topliss-reactive ketones (excluding diaryl/α,β-unsaturated/α-hetero) is 1. The number of ketones is 1. The van der Waals surface area contributed by atoms with E-state index in [0.29, 0.717) is 0 Å². The predicted molar refractivity (Wildman–Crippen MR) is 67.1 cm³/mol. The molecule has 0 amide bonds. The molecule has 0 unspecified atom stereocenters. The van der Waals surface area contributed by atoms with Crippen LogP contribution in [0.15, 0.2) is 36.1 Å². The number of carbonyl (C=O) groups excluding carboxylic acids is 2.